The Morgan fingerprint density at radius 2 is 2.25 bits per heavy atom. The molecule has 2 heterocycles. The first-order chi connectivity index (χ1) is 13.5. The van der Waals surface area contributed by atoms with E-state index in [0.717, 1.165) is 11.1 Å². The highest BCUT2D eigenvalue weighted by atomic mass is 35.5. The van der Waals surface area contributed by atoms with Crippen molar-refractivity contribution in [3.05, 3.63) is 64.7 Å². The van der Waals surface area contributed by atoms with Crippen molar-refractivity contribution >= 4 is 23.4 Å². The molecule has 0 aliphatic carbocycles. The molecule has 0 unspecified atom stereocenters. The van der Waals surface area contributed by atoms with E-state index in [1.165, 1.54) is 12.1 Å². The Labute approximate surface area is 168 Å². The fraction of sp³-hybridized carbons (Fsp3) is 0.350. The lowest BCUT2D eigenvalue weighted by Gasteiger charge is -2.34. The van der Waals surface area contributed by atoms with E-state index in [4.69, 9.17) is 11.6 Å². The lowest BCUT2D eigenvalue weighted by Crippen LogP contribution is -2.56. The third kappa shape index (κ3) is 5.50. The molecule has 1 atom stereocenters. The van der Waals surface area contributed by atoms with Crippen molar-refractivity contribution in [2.24, 2.45) is 0 Å². The molecule has 0 radical (unpaired) electrons. The minimum atomic E-state index is -0.590. The molecule has 1 saturated heterocycles. The summed E-state index contributed by atoms with van der Waals surface area (Å²) < 4.78 is 13.3. The number of benzene rings is 1. The average molecular weight is 405 g/mol. The Morgan fingerprint density at radius 1 is 1.39 bits per heavy atom. The summed E-state index contributed by atoms with van der Waals surface area (Å²) >= 11 is 6.11. The van der Waals surface area contributed by atoms with Crippen LogP contribution in [0.1, 0.15) is 17.5 Å². The van der Waals surface area contributed by atoms with Crippen molar-refractivity contribution in [3.8, 4) is 0 Å². The fourth-order valence-electron chi connectivity index (χ4n) is 3.18. The van der Waals surface area contributed by atoms with Crippen LogP contribution < -0.4 is 10.6 Å². The molecule has 1 aliphatic heterocycles. The van der Waals surface area contributed by atoms with Crippen molar-refractivity contribution in [3.63, 3.8) is 0 Å². The molecule has 0 saturated carbocycles. The zero-order chi connectivity index (χ0) is 19.9. The average Bonchev–Trinajstić information content (AvgIpc) is 2.67. The molecule has 2 amide bonds. The van der Waals surface area contributed by atoms with Crippen LogP contribution in [0.4, 0.5) is 4.39 Å². The highest BCUT2D eigenvalue weighted by molar-refractivity contribution is 6.31. The first kappa shape index (κ1) is 20.2. The molecule has 2 N–H and O–H groups in total. The van der Waals surface area contributed by atoms with Gasteiger partial charge in [0.15, 0.2) is 0 Å². The second-order valence-electron chi connectivity index (χ2n) is 6.68. The number of aromatic nitrogens is 1. The first-order valence-electron chi connectivity index (χ1n) is 9.14. The molecular formula is C20H22ClFN4O2. The van der Waals surface area contributed by atoms with E-state index >= 15 is 0 Å². The van der Waals surface area contributed by atoms with Crippen molar-refractivity contribution < 1.29 is 14.0 Å². The van der Waals surface area contributed by atoms with Crippen LogP contribution >= 0.6 is 11.6 Å². The van der Waals surface area contributed by atoms with Gasteiger partial charge in [-0.1, -0.05) is 23.7 Å². The molecule has 1 aliphatic rings. The lowest BCUT2D eigenvalue weighted by molar-refractivity contribution is -0.134. The molecule has 1 aromatic carbocycles. The summed E-state index contributed by atoms with van der Waals surface area (Å²) in [6.07, 6.45) is 4.18. The number of nitrogens with zero attached hydrogens (tertiary/aromatic N) is 2. The smallest absolute Gasteiger partial charge is 0.237 e. The summed E-state index contributed by atoms with van der Waals surface area (Å²) in [6, 6.07) is 7.40. The van der Waals surface area contributed by atoms with Gasteiger partial charge in [-0.15, -0.1) is 0 Å². The van der Waals surface area contributed by atoms with E-state index in [-0.39, 0.29) is 18.2 Å². The van der Waals surface area contributed by atoms with Gasteiger partial charge in [-0.05, 0) is 35.7 Å². The quantitative estimate of drug-likeness (QED) is 0.739. The number of halogens is 2. The zero-order valence-electron chi connectivity index (χ0n) is 15.3. The topological polar surface area (TPSA) is 74.3 Å². The monoisotopic (exact) mass is 404 g/mol. The van der Waals surface area contributed by atoms with Crippen LogP contribution in [0.3, 0.4) is 0 Å². The van der Waals surface area contributed by atoms with Gasteiger partial charge in [-0.3, -0.25) is 19.5 Å². The van der Waals surface area contributed by atoms with Crippen LogP contribution in [-0.4, -0.2) is 47.4 Å². The molecule has 28 heavy (non-hydrogen) atoms. The number of hydrogen-bond donors (Lipinski definition) is 2. The van der Waals surface area contributed by atoms with Crippen molar-refractivity contribution in [2.75, 3.05) is 19.6 Å². The Kier molecular flexibility index (Phi) is 6.95. The molecule has 1 fully saturated rings. The Balaban J connectivity index is 1.57. The minimum Gasteiger partial charge on any atom is -0.356 e. The fourth-order valence-corrected chi connectivity index (χ4v) is 3.41. The normalized spacial score (nSPS) is 17.2. The van der Waals surface area contributed by atoms with Gasteiger partial charge in [0.1, 0.15) is 5.82 Å². The van der Waals surface area contributed by atoms with E-state index < -0.39 is 11.9 Å². The maximum Gasteiger partial charge on any atom is 0.237 e. The van der Waals surface area contributed by atoms with Crippen LogP contribution in [0.5, 0.6) is 0 Å². The zero-order valence-corrected chi connectivity index (χ0v) is 16.1. The Hall–Kier alpha value is -2.51. The predicted octanol–water partition coefficient (Wildman–Crippen LogP) is 1.92. The van der Waals surface area contributed by atoms with E-state index in [1.807, 2.05) is 17.0 Å². The highest BCUT2D eigenvalue weighted by Crippen LogP contribution is 2.21. The second kappa shape index (κ2) is 9.61. The van der Waals surface area contributed by atoms with Gasteiger partial charge in [0.05, 0.1) is 12.5 Å². The van der Waals surface area contributed by atoms with Gasteiger partial charge in [-0.25, -0.2) is 4.39 Å². The van der Waals surface area contributed by atoms with E-state index in [0.29, 0.717) is 37.6 Å². The predicted molar refractivity (Wildman–Crippen MR) is 104 cm³/mol. The molecule has 148 valence electrons. The van der Waals surface area contributed by atoms with Gasteiger partial charge in [-0.2, -0.15) is 0 Å². The number of carbonyl (C=O) groups is 2. The highest BCUT2D eigenvalue weighted by Gasteiger charge is 2.31. The third-order valence-electron chi connectivity index (χ3n) is 4.67. The van der Waals surface area contributed by atoms with Crippen LogP contribution in [0.15, 0.2) is 42.7 Å². The largest absolute Gasteiger partial charge is 0.356 e. The van der Waals surface area contributed by atoms with Gasteiger partial charge in [0, 0.05) is 43.6 Å². The summed E-state index contributed by atoms with van der Waals surface area (Å²) in [6.45, 7) is 1.94. The molecule has 3 rings (SSSR count). The number of pyridine rings is 1. The number of nitrogens with one attached hydrogen (secondary N) is 2. The summed E-state index contributed by atoms with van der Waals surface area (Å²) in [5, 5.41) is 5.96. The van der Waals surface area contributed by atoms with Crippen LogP contribution in [0.25, 0.3) is 0 Å². The van der Waals surface area contributed by atoms with Crippen molar-refractivity contribution in [2.45, 2.75) is 25.4 Å². The van der Waals surface area contributed by atoms with E-state index in [1.54, 1.807) is 18.5 Å². The van der Waals surface area contributed by atoms with E-state index in [2.05, 4.69) is 15.6 Å². The first-order valence-corrected chi connectivity index (χ1v) is 9.52. The SMILES string of the molecule is O=C(C[C@H]1C(=O)NCCN1Cc1ccc(F)cc1Cl)NCCc1cccnc1. The molecule has 0 bridgehead atoms. The maximum atomic E-state index is 13.3. The summed E-state index contributed by atoms with van der Waals surface area (Å²) in [7, 11) is 0. The van der Waals surface area contributed by atoms with Gasteiger partial charge >= 0.3 is 0 Å². The third-order valence-corrected chi connectivity index (χ3v) is 5.02. The molecule has 1 aromatic heterocycles. The number of piperazine rings is 1. The Morgan fingerprint density at radius 3 is 3.00 bits per heavy atom. The maximum absolute atomic E-state index is 13.3. The second-order valence-corrected chi connectivity index (χ2v) is 7.09. The van der Waals surface area contributed by atoms with E-state index in [9.17, 15) is 14.0 Å². The van der Waals surface area contributed by atoms with Crippen molar-refractivity contribution in [1.29, 1.82) is 0 Å². The van der Waals surface area contributed by atoms with Gasteiger partial charge in [0.2, 0.25) is 11.8 Å². The molecular weight excluding hydrogens is 383 g/mol. The lowest BCUT2D eigenvalue weighted by atomic mass is 10.1. The minimum absolute atomic E-state index is 0.0533. The van der Waals surface area contributed by atoms with Crippen molar-refractivity contribution in [1.82, 2.24) is 20.5 Å². The summed E-state index contributed by atoms with van der Waals surface area (Å²) in [4.78, 5) is 30.6. The molecule has 6 nitrogen and oxygen atoms in total. The summed E-state index contributed by atoms with van der Waals surface area (Å²) in [5.41, 5.74) is 1.76. The molecule has 0 spiro atoms. The van der Waals surface area contributed by atoms with Gasteiger partial charge < -0.3 is 10.6 Å². The standard InChI is InChI=1S/C20H22ClFN4O2/c21-17-10-16(22)4-3-15(17)13-26-9-8-25-20(28)18(26)11-19(27)24-7-5-14-2-1-6-23-12-14/h1-4,6,10,12,18H,5,7-9,11,13H2,(H,24,27)(H,25,28)/t18-/m0/s1. The molecule has 2 aromatic rings. The number of carbonyl (C=O) groups excluding carboxylic acids is 2. The summed E-state index contributed by atoms with van der Waals surface area (Å²) in [5.74, 6) is -0.789. The van der Waals surface area contributed by atoms with Crippen LogP contribution in [0.2, 0.25) is 5.02 Å². The number of amides is 2. The van der Waals surface area contributed by atoms with Crippen LogP contribution in [0, 0.1) is 5.82 Å². The Bertz CT molecular complexity index is 834. The van der Waals surface area contributed by atoms with Gasteiger partial charge in [0.25, 0.3) is 0 Å². The number of rotatable bonds is 7. The number of hydrogen-bond acceptors (Lipinski definition) is 4. The molecule has 8 heteroatoms. The van der Waals surface area contributed by atoms with Crippen LogP contribution in [-0.2, 0) is 22.6 Å².